The van der Waals surface area contributed by atoms with Gasteiger partial charge in [0, 0.05) is 0 Å². The Morgan fingerprint density at radius 1 is 0.542 bits per heavy atom. The van der Waals surface area contributed by atoms with Crippen molar-refractivity contribution in [1.29, 1.82) is 0 Å². The highest BCUT2D eigenvalue weighted by atomic mass is 15.3. The van der Waals surface area contributed by atoms with Gasteiger partial charge in [-0.3, -0.25) is 9.78 Å². The molecule has 2 heteroatoms. The molecule has 0 radical (unpaired) electrons. The van der Waals surface area contributed by atoms with Crippen molar-refractivity contribution in [2.75, 3.05) is 0 Å². The van der Waals surface area contributed by atoms with Crippen LogP contribution in [0.1, 0.15) is 30.8 Å². The molecule has 0 aliphatic rings. The van der Waals surface area contributed by atoms with Crippen molar-refractivity contribution in [1.82, 2.24) is 9.78 Å². The van der Waals surface area contributed by atoms with E-state index in [2.05, 4.69) is 164 Å². The van der Waals surface area contributed by atoms with Crippen LogP contribution in [0.5, 0.6) is 0 Å². The Bertz CT molecular complexity index is 2270. The second-order valence-electron chi connectivity index (χ2n) is 11.7. The number of H-pyrrole nitrogens is 1. The van der Waals surface area contributed by atoms with Crippen molar-refractivity contribution >= 4 is 38.4 Å². The van der Waals surface area contributed by atoms with E-state index >= 15 is 0 Å². The summed E-state index contributed by atoms with van der Waals surface area (Å²) in [4.78, 5) is 0. The molecule has 0 atom stereocenters. The minimum Gasteiger partial charge on any atom is -0.296 e. The van der Waals surface area contributed by atoms with Crippen molar-refractivity contribution in [3.8, 4) is 27.9 Å². The van der Waals surface area contributed by atoms with E-state index in [9.17, 15) is 0 Å². The van der Waals surface area contributed by atoms with Crippen LogP contribution in [0.2, 0.25) is 0 Å². The van der Waals surface area contributed by atoms with E-state index in [0.717, 1.165) is 17.1 Å². The molecule has 2 nitrogen and oxygen atoms in total. The molecule has 1 aromatic heterocycles. The first-order valence-electron chi connectivity index (χ1n) is 16.7. The summed E-state index contributed by atoms with van der Waals surface area (Å²) >= 11 is 0. The minimum atomic E-state index is 1.11. The zero-order valence-corrected chi connectivity index (χ0v) is 28.2. The minimum absolute atomic E-state index is 1.11. The van der Waals surface area contributed by atoms with Crippen LogP contribution < -0.4 is 0 Å². The molecule has 48 heavy (non-hydrogen) atoms. The lowest BCUT2D eigenvalue weighted by molar-refractivity contribution is 0.737. The highest BCUT2D eigenvalue weighted by molar-refractivity contribution is 6.21. The van der Waals surface area contributed by atoms with E-state index in [-0.39, 0.29) is 0 Å². The van der Waals surface area contributed by atoms with Crippen LogP contribution in [0.3, 0.4) is 0 Å². The first-order valence-corrected chi connectivity index (χ1v) is 16.7. The molecule has 8 aromatic rings. The predicted molar refractivity (Wildman–Crippen MR) is 210 cm³/mol. The van der Waals surface area contributed by atoms with Gasteiger partial charge in [-0.1, -0.05) is 166 Å². The number of allylic oxidation sites excluding steroid dienone is 2. The summed E-state index contributed by atoms with van der Waals surface area (Å²) in [5.74, 6) is 0. The Kier molecular flexibility index (Phi) is 9.83. The fourth-order valence-corrected chi connectivity index (χ4v) is 6.37. The lowest BCUT2D eigenvalue weighted by Crippen LogP contribution is -2.14. The third-order valence-corrected chi connectivity index (χ3v) is 8.62. The summed E-state index contributed by atoms with van der Waals surface area (Å²) in [6, 6.07) is 52.2. The van der Waals surface area contributed by atoms with Crippen LogP contribution in [-0.2, 0) is 0 Å². The Labute approximate surface area is 284 Å². The second kappa shape index (κ2) is 14.7. The quantitative estimate of drug-likeness (QED) is 0.146. The van der Waals surface area contributed by atoms with E-state index in [4.69, 9.17) is 0 Å². The van der Waals surface area contributed by atoms with Crippen LogP contribution in [0.15, 0.2) is 164 Å². The highest BCUT2D eigenvalue weighted by Crippen LogP contribution is 2.44. The molecule has 7 aromatic carbocycles. The molecule has 0 amide bonds. The van der Waals surface area contributed by atoms with Gasteiger partial charge in [0.2, 0.25) is 0 Å². The Balaban J connectivity index is 0.000000393. The normalized spacial score (nSPS) is 10.9. The number of aryl methyl sites for hydroxylation is 2. The molecule has 0 aliphatic heterocycles. The van der Waals surface area contributed by atoms with Crippen molar-refractivity contribution in [3.63, 3.8) is 0 Å². The molecule has 8 rings (SSSR count). The number of rotatable bonds is 5. The maximum absolute atomic E-state index is 3.80. The maximum atomic E-state index is 3.80. The molecule has 236 valence electrons. The number of benzene rings is 7. The molecule has 0 saturated heterocycles. The largest absolute Gasteiger partial charge is 0.296 e. The van der Waals surface area contributed by atoms with Crippen molar-refractivity contribution < 1.29 is 0 Å². The fraction of sp³-hybridized carbons (Fsp3) is 0.0870. The third kappa shape index (κ3) is 6.38. The fourth-order valence-electron chi connectivity index (χ4n) is 6.37. The molecule has 0 saturated carbocycles. The lowest BCUT2D eigenvalue weighted by Gasteiger charge is -2.21. The lowest BCUT2D eigenvalue weighted by atomic mass is 9.85. The molecule has 0 spiro atoms. The molecule has 0 fully saturated rings. The van der Waals surface area contributed by atoms with E-state index in [1.807, 2.05) is 38.1 Å². The van der Waals surface area contributed by atoms with Crippen LogP contribution in [-0.4, -0.2) is 9.78 Å². The van der Waals surface area contributed by atoms with Crippen LogP contribution >= 0.6 is 0 Å². The van der Waals surface area contributed by atoms with Gasteiger partial charge in [-0.05, 0) is 92.7 Å². The van der Waals surface area contributed by atoms with Gasteiger partial charge in [0.05, 0.1) is 17.1 Å². The number of hydrogen-bond donors (Lipinski definition) is 1. The molecule has 0 bridgehead atoms. The molecular formula is C46H42N2. The average Bonchev–Trinajstić information content (AvgIpc) is 3.14. The molecule has 1 N–H and O–H groups in total. The van der Waals surface area contributed by atoms with Crippen LogP contribution in [0.4, 0.5) is 0 Å². The van der Waals surface area contributed by atoms with Gasteiger partial charge in [0.25, 0.3) is 0 Å². The number of aromatic amines is 1. The van der Waals surface area contributed by atoms with Gasteiger partial charge in [-0.15, -0.1) is 0 Å². The monoisotopic (exact) mass is 622 g/mol. The summed E-state index contributed by atoms with van der Waals surface area (Å²) in [6.07, 6.45) is 5.85. The summed E-state index contributed by atoms with van der Waals surface area (Å²) in [5, 5.41) is 11.0. The van der Waals surface area contributed by atoms with Gasteiger partial charge in [0.1, 0.15) is 0 Å². The first-order chi connectivity index (χ1) is 23.6. The van der Waals surface area contributed by atoms with Crippen molar-refractivity contribution in [2.45, 2.75) is 27.7 Å². The second-order valence-corrected chi connectivity index (χ2v) is 11.7. The predicted octanol–water partition coefficient (Wildman–Crippen LogP) is 13.1. The maximum Gasteiger partial charge on any atom is 0.0835 e. The number of hydrogen-bond acceptors (Lipinski definition) is 0. The van der Waals surface area contributed by atoms with Gasteiger partial charge >= 0.3 is 0 Å². The third-order valence-electron chi connectivity index (χ3n) is 8.62. The highest BCUT2D eigenvalue weighted by Gasteiger charge is 2.17. The first kappa shape index (κ1) is 32.1. The molecule has 0 unspecified atom stereocenters. The molecule has 1 heterocycles. The summed E-state index contributed by atoms with van der Waals surface area (Å²) in [6.45, 7) is 12.0. The van der Waals surface area contributed by atoms with Gasteiger partial charge in [-0.25, -0.2) is 0 Å². The van der Waals surface area contributed by atoms with Gasteiger partial charge < -0.3 is 0 Å². The summed E-state index contributed by atoms with van der Waals surface area (Å²) in [7, 11) is 0. The zero-order valence-electron chi connectivity index (χ0n) is 28.2. The van der Waals surface area contributed by atoms with Gasteiger partial charge in [-0.2, -0.15) is 0 Å². The average molecular weight is 623 g/mol. The van der Waals surface area contributed by atoms with E-state index < -0.39 is 0 Å². The van der Waals surface area contributed by atoms with Crippen molar-refractivity contribution in [3.05, 3.63) is 181 Å². The Hall–Kier alpha value is -5.86. The van der Waals surface area contributed by atoms with E-state index in [1.165, 1.54) is 60.1 Å². The molecule has 0 aliphatic carbocycles. The Morgan fingerprint density at radius 3 is 1.56 bits per heavy atom. The van der Waals surface area contributed by atoms with E-state index in [0.29, 0.717) is 0 Å². The molecular weight excluding hydrogens is 581 g/mol. The number of nitrogens with one attached hydrogen (secondary N) is 1. The topological polar surface area (TPSA) is 20.7 Å². The number of nitrogens with zero attached hydrogens (tertiary/aromatic N) is 1. The summed E-state index contributed by atoms with van der Waals surface area (Å²) in [5.41, 5.74) is 9.74. The number of fused-ring (bicyclic) bond motifs is 3. The SMILES string of the molecule is C=C/C=C\c1c(C)[nH]n1-c1ccc(-c2c3ccccc3c(-c3ccc4ccccc4c3)c3ccccc23)cc1.CC.Cc1ccccc1. The van der Waals surface area contributed by atoms with Crippen molar-refractivity contribution in [2.24, 2.45) is 0 Å². The zero-order chi connectivity index (χ0) is 33.5. The number of aromatic nitrogens is 2. The van der Waals surface area contributed by atoms with E-state index in [1.54, 1.807) is 6.08 Å². The Morgan fingerprint density at radius 2 is 1.04 bits per heavy atom. The van der Waals surface area contributed by atoms with Crippen LogP contribution in [0, 0.1) is 13.8 Å². The smallest absolute Gasteiger partial charge is 0.0835 e. The van der Waals surface area contributed by atoms with Gasteiger partial charge in [0.15, 0.2) is 0 Å². The standard InChI is InChI=1S/C37H28N2.C7H8.C2H6/c1-3-4-17-35-25(2)38-39(35)30-22-20-27(21-23-30)36-31-13-7-9-15-33(31)37(34-16-10-8-14-32(34)36)29-19-18-26-11-5-6-12-28(26)24-29;1-7-5-3-2-4-6-7;1-2/h3-24,38H,1H2,2H3;2-6H,1H3;1-2H3/b17-4-;;. The summed E-state index contributed by atoms with van der Waals surface area (Å²) < 4.78 is 2.11. The van der Waals surface area contributed by atoms with Crippen LogP contribution in [0.25, 0.3) is 66.3 Å².